The van der Waals surface area contributed by atoms with E-state index in [2.05, 4.69) is 18.3 Å². The molecule has 1 unspecified atom stereocenters. The maximum Gasteiger partial charge on any atom is 0.240 e. The van der Waals surface area contributed by atoms with Gasteiger partial charge in [0.15, 0.2) is 0 Å². The predicted octanol–water partition coefficient (Wildman–Crippen LogP) is 3.55. The molecule has 0 aromatic rings. The summed E-state index contributed by atoms with van der Waals surface area (Å²) in [5.74, 6) is -0.0336. The largest absolute Gasteiger partial charge is 0.352 e. The molecule has 1 rings (SSSR count). The normalized spacial score (nSPS) is 19.8. The Morgan fingerprint density at radius 1 is 1.33 bits per heavy atom. The van der Waals surface area contributed by atoms with E-state index in [1.165, 1.54) is 12.8 Å². The summed E-state index contributed by atoms with van der Waals surface area (Å²) in [7, 11) is 0. The molecule has 102 valence electrons. The third-order valence-electron chi connectivity index (χ3n) is 3.97. The average Bonchev–Trinajstić information content (AvgIpc) is 2.39. The number of hydrogen-bond acceptors (Lipinski definition) is 2. The van der Waals surface area contributed by atoms with E-state index in [-0.39, 0.29) is 11.9 Å². The highest BCUT2D eigenvalue weighted by Crippen LogP contribution is 2.36. The minimum Gasteiger partial charge on any atom is -0.352 e. The van der Waals surface area contributed by atoms with Gasteiger partial charge in [-0.05, 0) is 26.2 Å². The zero-order valence-electron chi connectivity index (χ0n) is 11.8. The summed E-state index contributed by atoms with van der Waals surface area (Å²) in [4.78, 5) is 12.3. The molecule has 1 aliphatic rings. The number of unbranched alkanes of at least 4 members (excludes halogenated alkanes) is 2. The lowest BCUT2D eigenvalue weighted by atomic mass is 9.74. The van der Waals surface area contributed by atoms with Gasteiger partial charge in [0.25, 0.3) is 0 Å². The van der Waals surface area contributed by atoms with Crippen molar-refractivity contribution in [3.05, 3.63) is 0 Å². The predicted molar refractivity (Wildman–Crippen MR) is 72.9 cm³/mol. The number of rotatable bonds is 6. The Hall–Kier alpha value is -1.04. The fourth-order valence-electron chi connectivity index (χ4n) is 2.68. The number of carbonyl (C=O) groups is 1. The van der Waals surface area contributed by atoms with Crippen molar-refractivity contribution >= 4 is 5.91 Å². The summed E-state index contributed by atoms with van der Waals surface area (Å²) >= 11 is 0. The third-order valence-corrected chi connectivity index (χ3v) is 3.97. The van der Waals surface area contributed by atoms with Crippen LogP contribution in [0.3, 0.4) is 0 Å². The van der Waals surface area contributed by atoms with Gasteiger partial charge in [-0.3, -0.25) is 4.79 Å². The van der Waals surface area contributed by atoms with E-state index in [9.17, 15) is 10.1 Å². The van der Waals surface area contributed by atoms with Gasteiger partial charge in [-0.1, -0.05) is 45.4 Å². The van der Waals surface area contributed by atoms with Crippen LogP contribution >= 0.6 is 0 Å². The molecule has 0 saturated heterocycles. The molecule has 0 spiro atoms. The van der Waals surface area contributed by atoms with Crippen LogP contribution in [0.15, 0.2) is 0 Å². The van der Waals surface area contributed by atoms with Crippen molar-refractivity contribution in [2.75, 3.05) is 0 Å². The Morgan fingerprint density at radius 2 is 2.00 bits per heavy atom. The topological polar surface area (TPSA) is 52.9 Å². The van der Waals surface area contributed by atoms with Crippen molar-refractivity contribution in [2.24, 2.45) is 5.41 Å². The van der Waals surface area contributed by atoms with E-state index in [1.807, 2.05) is 6.92 Å². The molecule has 0 radical (unpaired) electrons. The van der Waals surface area contributed by atoms with Gasteiger partial charge in [0.05, 0.1) is 6.07 Å². The highest BCUT2D eigenvalue weighted by Gasteiger charge is 2.40. The third kappa shape index (κ3) is 4.01. The molecule has 0 aromatic heterocycles. The lowest BCUT2D eigenvalue weighted by Crippen LogP contribution is -2.45. The van der Waals surface area contributed by atoms with Crippen LogP contribution in [0, 0.1) is 16.7 Å². The lowest BCUT2D eigenvalue weighted by Gasteiger charge is -2.30. The van der Waals surface area contributed by atoms with Gasteiger partial charge < -0.3 is 5.32 Å². The van der Waals surface area contributed by atoms with Crippen LogP contribution in [-0.4, -0.2) is 11.9 Å². The molecular weight excluding hydrogens is 224 g/mol. The van der Waals surface area contributed by atoms with E-state index in [0.29, 0.717) is 0 Å². The molecule has 1 saturated carbocycles. The highest BCUT2D eigenvalue weighted by molar-refractivity contribution is 5.85. The summed E-state index contributed by atoms with van der Waals surface area (Å²) in [5, 5.41) is 12.4. The Labute approximate surface area is 111 Å². The fourth-order valence-corrected chi connectivity index (χ4v) is 2.68. The number of nitriles is 1. The first-order valence-corrected chi connectivity index (χ1v) is 7.37. The van der Waals surface area contributed by atoms with Crippen molar-refractivity contribution in [3.8, 4) is 6.07 Å². The quantitative estimate of drug-likeness (QED) is 0.733. The number of carbonyl (C=O) groups excluding carboxylic acids is 1. The minimum absolute atomic E-state index is 0.0336. The summed E-state index contributed by atoms with van der Waals surface area (Å²) in [6.45, 7) is 4.22. The summed E-state index contributed by atoms with van der Waals surface area (Å²) in [6.07, 6.45) is 9.21. The van der Waals surface area contributed by atoms with Gasteiger partial charge in [0, 0.05) is 6.04 Å². The van der Waals surface area contributed by atoms with Gasteiger partial charge in [0.2, 0.25) is 5.91 Å². The second-order valence-corrected chi connectivity index (χ2v) is 5.62. The first kappa shape index (κ1) is 15.0. The smallest absolute Gasteiger partial charge is 0.240 e. The molecule has 0 bridgehead atoms. The molecule has 3 heteroatoms. The van der Waals surface area contributed by atoms with E-state index >= 15 is 0 Å². The number of nitrogens with zero attached hydrogens (tertiary/aromatic N) is 1. The molecule has 1 atom stereocenters. The zero-order chi connectivity index (χ0) is 13.4. The van der Waals surface area contributed by atoms with E-state index < -0.39 is 5.41 Å². The van der Waals surface area contributed by atoms with Gasteiger partial charge >= 0.3 is 0 Å². The second kappa shape index (κ2) is 7.41. The fraction of sp³-hybridized carbons (Fsp3) is 0.867. The van der Waals surface area contributed by atoms with Crippen LogP contribution in [0.25, 0.3) is 0 Å². The van der Waals surface area contributed by atoms with Crippen LogP contribution in [0.2, 0.25) is 0 Å². The Balaban J connectivity index is 2.45. The number of amides is 1. The van der Waals surface area contributed by atoms with Gasteiger partial charge in [-0.2, -0.15) is 5.26 Å². The highest BCUT2D eigenvalue weighted by atomic mass is 16.2. The van der Waals surface area contributed by atoms with Crippen LogP contribution < -0.4 is 5.32 Å². The molecule has 1 aliphatic carbocycles. The summed E-state index contributed by atoms with van der Waals surface area (Å²) in [6, 6.07) is 2.47. The molecule has 0 aliphatic heterocycles. The molecule has 0 heterocycles. The SMILES string of the molecule is CCCCCC(C)NC(=O)C1(C#N)CCCCC1. The molecule has 0 aromatic carbocycles. The van der Waals surface area contributed by atoms with E-state index in [4.69, 9.17) is 0 Å². The second-order valence-electron chi connectivity index (χ2n) is 5.62. The molecule has 1 amide bonds. The van der Waals surface area contributed by atoms with Gasteiger partial charge in [-0.25, -0.2) is 0 Å². The summed E-state index contributed by atoms with van der Waals surface area (Å²) in [5.41, 5.74) is -0.739. The van der Waals surface area contributed by atoms with Crippen LogP contribution in [0.4, 0.5) is 0 Å². The summed E-state index contributed by atoms with van der Waals surface area (Å²) < 4.78 is 0. The van der Waals surface area contributed by atoms with Crippen molar-refractivity contribution in [3.63, 3.8) is 0 Å². The van der Waals surface area contributed by atoms with E-state index in [0.717, 1.165) is 44.9 Å². The first-order chi connectivity index (χ1) is 8.64. The van der Waals surface area contributed by atoms with Crippen LogP contribution in [0.1, 0.15) is 71.6 Å². The Morgan fingerprint density at radius 3 is 2.56 bits per heavy atom. The maximum atomic E-state index is 12.3. The van der Waals surface area contributed by atoms with Crippen LogP contribution in [-0.2, 0) is 4.79 Å². The molecular formula is C15H26N2O. The van der Waals surface area contributed by atoms with Gasteiger partial charge in [-0.15, -0.1) is 0 Å². The van der Waals surface area contributed by atoms with E-state index in [1.54, 1.807) is 0 Å². The Kier molecular flexibility index (Phi) is 6.18. The molecule has 18 heavy (non-hydrogen) atoms. The Bertz CT molecular complexity index is 300. The maximum absolute atomic E-state index is 12.3. The van der Waals surface area contributed by atoms with Gasteiger partial charge in [0.1, 0.15) is 5.41 Å². The van der Waals surface area contributed by atoms with Crippen molar-refractivity contribution in [1.82, 2.24) is 5.32 Å². The lowest BCUT2D eigenvalue weighted by molar-refractivity contribution is -0.130. The van der Waals surface area contributed by atoms with Crippen molar-refractivity contribution in [1.29, 1.82) is 5.26 Å². The zero-order valence-corrected chi connectivity index (χ0v) is 11.8. The monoisotopic (exact) mass is 250 g/mol. The molecule has 1 N–H and O–H groups in total. The van der Waals surface area contributed by atoms with Crippen molar-refractivity contribution < 1.29 is 4.79 Å². The standard InChI is InChI=1S/C15H26N2O/c1-3-4-6-9-13(2)17-14(18)15(12-16)10-7-5-8-11-15/h13H,3-11H2,1-2H3,(H,17,18). The number of nitrogens with one attached hydrogen (secondary N) is 1. The minimum atomic E-state index is -0.739. The van der Waals surface area contributed by atoms with Crippen LogP contribution in [0.5, 0.6) is 0 Å². The molecule has 1 fully saturated rings. The van der Waals surface area contributed by atoms with Crippen molar-refractivity contribution in [2.45, 2.75) is 77.7 Å². The molecule has 3 nitrogen and oxygen atoms in total. The average molecular weight is 250 g/mol. The first-order valence-electron chi connectivity index (χ1n) is 7.37. The number of hydrogen-bond donors (Lipinski definition) is 1.